The Bertz CT molecular complexity index is 7980. The number of rotatable bonds is 10. The molecule has 0 spiro atoms. The van der Waals surface area contributed by atoms with Gasteiger partial charge in [0.15, 0.2) is 34.9 Å². The van der Waals surface area contributed by atoms with Crippen molar-refractivity contribution in [3.8, 4) is 102 Å². The molecule has 24 rings (SSSR count). The van der Waals surface area contributed by atoms with Crippen LogP contribution in [-0.4, -0.2) is 39.0 Å². The third kappa shape index (κ3) is 10.6. The Labute approximate surface area is 650 Å². The first-order valence-corrected chi connectivity index (χ1v) is 38.0. The highest BCUT2D eigenvalue weighted by Gasteiger charge is 2.25. The summed E-state index contributed by atoms with van der Waals surface area (Å²) >= 11 is 0. The van der Waals surface area contributed by atoms with E-state index in [-0.39, 0.29) is 0 Å². The van der Waals surface area contributed by atoms with Gasteiger partial charge in [0, 0.05) is 98.6 Å². The predicted molar refractivity (Wildman–Crippen MR) is 461 cm³/mol. The Balaban J connectivity index is 0.000000135. The van der Waals surface area contributed by atoms with Gasteiger partial charge in [0.25, 0.3) is 0 Å². The summed E-state index contributed by atoms with van der Waals surface area (Å²) in [7, 11) is 0. The molecule has 0 atom stereocenters. The predicted octanol–water partition coefficient (Wildman–Crippen LogP) is 26.9. The second-order valence-corrected chi connectivity index (χ2v) is 28.8. The standard InChI is InChI=1S/2C51H30N4O2/c1-3-13-31(14-4-1)32-15-11-16-33(29-32)49-52-50(54-51(53-49)40-21-12-24-44-46(40)39-20-8-10-23-43(39)56-44)34-25-26-36-37-27-28-42-47(48(37)57-45(36)30-34)38-19-7-9-22-41(38)55(42)35-17-5-2-6-18-35;1-3-11-31(12-4-1)32-19-21-33(22-20-32)49-52-50(34-23-25-38-37-15-8-10-18-44(37)56-45(38)29-34)54-51(53-49)35-24-26-39-40-27-28-43-47(48(40)57-46(39)30-35)41-16-7-9-17-42(41)55(43)36-13-5-2-6-14-36/h2*1-30H. The van der Waals surface area contributed by atoms with E-state index in [1.54, 1.807) is 0 Å². The zero-order valence-corrected chi connectivity index (χ0v) is 60.9. The first-order chi connectivity index (χ1) is 56.5. The van der Waals surface area contributed by atoms with Gasteiger partial charge in [-0.05, 0) is 144 Å². The topological polar surface area (TPSA) is 140 Å². The zero-order valence-electron chi connectivity index (χ0n) is 60.9. The van der Waals surface area contributed by atoms with Crippen LogP contribution in [0.25, 0.3) is 233 Å². The molecular formula is C102H60N8O4. The molecule has 24 aromatic rings. The average molecular weight is 1460 g/mol. The van der Waals surface area contributed by atoms with Gasteiger partial charge in [0.2, 0.25) is 0 Å². The zero-order chi connectivity index (χ0) is 74.9. The van der Waals surface area contributed by atoms with Crippen LogP contribution < -0.4 is 0 Å². The van der Waals surface area contributed by atoms with Crippen molar-refractivity contribution in [3.63, 3.8) is 0 Å². The van der Waals surface area contributed by atoms with Crippen molar-refractivity contribution in [2.24, 2.45) is 0 Å². The normalized spacial score (nSPS) is 11.9. The van der Waals surface area contributed by atoms with Gasteiger partial charge >= 0.3 is 0 Å². The van der Waals surface area contributed by atoms with E-state index in [1.807, 2.05) is 78.9 Å². The van der Waals surface area contributed by atoms with Crippen LogP contribution in [0.2, 0.25) is 0 Å². The number of furan rings is 4. The summed E-state index contributed by atoms with van der Waals surface area (Å²) in [6.07, 6.45) is 0. The van der Waals surface area contributed by atoms with Crippen LogP contribution in [0.5, 0.6) is 0 Å². The van der Waals surface area contributed by atoms with Gasteiger partial charge in [0.05, 0.1) is 32.8 Å². The Kier molecular flexibility index (Phi) is 14.7. The molecule has 0 aliphatic carbocycles. The molecule has 114 heavy (non-hydrogen) atoms. The number of hydrogen-bond donors (Lipinski definition) is 0. The minimum Gasteiger partial charge on any atom is -0.456 e. The fraction of sp³-hybridized carbons (Fsp3) is 0. The highest BCUT2D eigenvalue weighted by molar-refractivity contribution is 6.26. The number of benzene rings is 16. The highest BCUT2D eigenvalue weighted by atomic mass is 16.3. The first kappa shape index (κ1) is 64.3. The molecule has 532 valence electrons. The molecule has 0 unspecified atom stereocenters. The lowest BCUT2D eigenvalue weighted by Crippen LogP contribution is -2.00. The minimum absolute atomic E-state index is 0.554. The fourth-order valence-corrected chi connectivity index (χ4v) is 16.8. The largest absolute Gasteiger partial charge is 0.456 e. The van der Waals surface area contributed by atoms with E-state index in [1.165, 1.54) is 0 Å². The lowest BCUT2D eigenvalue weighted by molar-refractivity contribution is 0.668. The summed E-state index contributed by atoms with van der Waals surface area (Å²) in [4.78, 5) is 30.8. The second kappa shape index (κ2) is 26.0. The molecule has 12 nitrogen and oxygen atoms in total. The summed E-state index contributed by atoms with van der Waals surface area (Å²) < 4.78 is 30.9. The fourth-order valence-electron chi connectivity index (χ4n) is 16.8. The molecule has 0 amide bonds. The van der Waals surface area contributed by atoms with E-state index < -0.39 is 0 Å². The van der Waals surface area contributed by atoms with E-state index in [4.69, 9.17) is 47.6 Å². The van der Waals surface area contributed by atoms with Crippen molar-refractivity contribution in [1.82, 2.24) is 39.0 Å². The van der Waals surface area contributed by atoms with Crippen molar-refractivity contribution >= 4 is 131 Å². The van der Waals surface area contributed by atoms with Crippen LogP contribution in [0, 0.1) is 0 Å². The van der Waals surface area contributed by atoms with Crippen LogP contribution in [0.1, 0.15) is 0 Å². The lowest BCUT2D eigenvalue weighted by atomic mass is 10.0. The molecule has 0 N–H and O–H groups in total. The molecule has 0 saturated heterocycles. The van der Waals surface area contributed by atoms with Gasteiger partial charge in [0.1, 0.15) is 44.7 Å². The maximum absolute atomic E-state index is 6.88. The van der Waals surface area contributed by atoms with Gasteiger partial charge in [-0.25, -0.2) is 29.9 Å². The van der Waals surface area contributed by atoms with Gasteiger partial charge in [-0.15, -0.1) is 0 Å². The number of fused-ring (bicyclic) bond motifs is 20. The third-order valence-corrected chi connectivity index (χ3v) is 22.1. The number of nitrogens with zero attached hydrogens (tertiary/aromatic N) is 8. The summed E-state index contributed by atoms with van der Waals surface area (Å²) in [5, 5.41) is 12.8. The average Bonchev–Trinajstić information content (AvgIpc) is 1.56. The van der Waals surface area contributed by atoms with Crippen molar-refractivity contribution in [1.29, 1.82) is 0 Å². The molecule has 8 aromatic heterocycles. The van der Waals surface area contributed by atoms with Gasteiger partial charge in [-0.3, -0.25) is 0 Å². The monoisotopic (exact) mass is 1460 g/mol. The summed E-state index contributed by atoms with van der Waals surface area (Å²) in [6.45, 7) is 0. The number of aromatic nitrogens is 8. The van der Waals surface area contributed by atoms with Crippen molar-refractivity contribution in [2.75, 3.05) is 0 Å². The van der Waals surface area contributed by atoms with Crippen LogP contribution in [0.15, 0.2) is 382 Å². The molecule has 12 heteroatoms. The number of para-hydroxylation sites is 6. The first-order valence-electron chi connectivity index (χ1n) is 38.0. The highest BCUT2D eigenvalue weighted by Crippen LogP contribution is 2.46. The Morgan fingerprint density at radius 3 is 1.04 bits per heavy atom. The molecule has 0 fully saturated rings. The Morgan fingerprint density at radius 2 is 0.509 bits per heavy atom. The van der Waals surface area contributed by atoms with Crippen LogP contribution in [0.3, 0.4) is 0 Å². The van der Waals surface area contributed by atoms with Gasteiger partial charge < -0.3 is 26.8 Å². The minimum atomic E-state index is 0.554. The van der Waals surface area contributed by atoms with Crippen molar-refractivity contribution in [3.05, 3.63) is 364 Å². The van der Waals surface area contributed by atoms with Crippen LogP contribution in [-0.2, 0) is 0 Å². The molecule has 16 aromatic carbocycles. The Hall–Kier alpha value is -15.7. The van der Waals surface area contributed by atoms with Gasteiger partial charge in [-0.1, -0.05) is 243 Å². The summed E-state index contributed by atoms with van der Waals surface area (Å²) in [5.74, 6) is 3.40. The van der Waals surface area contributed by atoms with Crippen LogP contribution in [0.4, 0.5) is 0 Å². The lowest BCUT2D eigenvalue weighted by Gasteiger charge is -2.10. The van der Waals surface area contributed by atoms with E-state index in [2.05, 4.69) is 294 Å². The van der Waals surface area contributed by atoms with Crippen molar-refractivity contribution in [2.45, 2.75) is 0 Å². The quantitative estimate of drug-likeness (QED) is 0.130. The molecular weight excluding hydrogens is 1400 g/mol. The molecule has 0 radical (unpaired) electrons. The molecule has 0 saturated carbocycles. The van der Waals surface area contributed by atoms with E-state index in [9.17, 15) is 0 Å². The Morgan fingerprint density at radius 1 is 0.175 bits per heavy atom. The summed E-state index contributed by atoms with van der Waals surface area (Å²) in [6, 6.07) is 125. The third-order valence-electron chi connectivity index (χ3n) is 22.1. The molecule has 8 heterocycles. The smallest absolute Gasteiger partial charge is 0.164 e. The molecule has 0 bridgehead atoms. The van der Waals surface area contributed by atoms with Crippen LogP contribution >= 0.6 is 0 Å². The van der Waals surface area contributed by atoms with E-state index in [0.29, 0.717) is 34.9 Å². The maximum Gasteiger partial charge on any atom is 0.164 e. The molecule has 0 aliphatic heterocycles. The van der Waals surface area contributed by atoms with Crippen molar-refractivity contribution < 1.29 is 17.7 Å². The number of hydrogen-bond acceptors (Lipinski definition) is 10. The summed E-state index contributed by atoms with van der Waals surface area (Å²) in [5.41, 5.74) is 22.8. The second-order valence-electron chi connectivity index (χ2n) is 28.8. The molecule has 0 aliphatic rings. The van der Waals surface area contributed by atoms with E-state index in [0.717, 1.165) is 198 Å². The maximum atomic E-state index is 6.88. The van der Waals surface area contributed by atoms with E-state index >= 15 is 0 Å². The van der Waals surface area contributed by atoms with Gasteiger partial charge in [-0.2, -0.15) is 0 Å². The SMILES string of the molecule is c1ccc(-c2ccc(-c3nc(-c4ccc5c(c4)oc4ccccc45)nc(-c4ccc5c(c4)oc4c5ccc5c4c4ccccc4n5-c4ccccc4)n3)cc2)cc1.c1ccc(-c2cccc(-c3nc(-c4ccc5c(c4)oc4c5ccc5c4c4ccccc4n5-c4ccccc4)nc(-c4cccc5oc6ccccc6c45)n3)c2)cc1.